The first-order valence-corrected chi connectivity index (χ1v) is 8.17. The number of hydrogen-bond donors (Lipinski definition) is 3. The van der Waals surface area contributed by atoms with Gasteiger partial charge in [0, 0.05) is 5.56 Å². The number of carbonyl (C=O) groups is 3. The molecule has 3 N–H and O–H groups in total. The fraction of sp³-hybridized carbons (Fsp3) is 0.111. The van der Waals surface area contributed by atoms with Crippen molar-refractivity contribution >= 4 is 35.1 Å². The maximum absolute atomic E-state index is 12.1. The minimum Gasteiger partial charge on any atom is -0.484 e. The molecule has 0 saturated carbocycles. The highest BCUT2D eigenvalue weighted by atomic mass is 32.1. The van der Waals surface area contributed by atoms with Gasteiger partial charge in [0.25, 0.3) is 11.8 Å². The highest BCUT2D eigenvalue weighted by Gasteiger charge is 2.12. The number of rotatable bonds is 5. The predicted molar refractivity (Wildman–Crippen MR) is 101 cm³/mol. The summed E-state index contributed by atoms with van der Waals surface area (Å²) >= 11 is 4.94. The van der Waals surface area contributed by atoms with Crippen LogP contribution in [0, 0.1) is 0 Å². The van der Waals surface area contributed by atoms with E-state index in [0.717, 1.165) is 0 Å². The molecule has 9 heteroatoms. The van der Waals surface area contributed by atoms with E-state index in [9.17, 15) is 14.4 Å². The maximum Gasteiger partial charge on any atom is 0.337 e. The minimum absolute atomic E-state index is 0.114. The van der Waals surface area contributed by atoms with E-state index in [4.69, 9.17) is 17.0 Å². The van der Waals surface area contributed by atoms with Crippen LogP contribution in [-0.2, 0) is 9.53 Å². The van der Waals surface area contributed by atoms with E-state index >= 15 is 0 Å². The number of nitrogens with one attached hydrogen (secondary N) is 3. The summed E-state index contributed by atoms with van der Waals surface area (Å²) in [5, 5.41) is 2.27. The number of ether oxygens (including phenoxy) is 2. The predicted octanol–water partition coefficient (Wildman–Crippen LogP) is 1.19. The average molecular weight is 387 g/mol. The number of carbonyl (C=O) groups excluding carboxylic acids is 3. The van der Waals surface area contributed by atoms with Crippen LogP contribution in [0.3, 0.4) is 0 Å². The summed E-state index contributed by atoms with van der Waals surface area (Å²) < 4.78 is 9.87. The molecule has 27 heavy (non-hydrogen) atoms. The van der Waals surface area contributed by atoms with Crippen molar-refractivity contribution < 1.29 is 23.9 Å². The van der Waals surface area contributed by atoms with Gasteiger partial charge in [0.05, 0.1) is 12.7 Å². The molecule has 0 radical (unpaired) electrons. The third-order valence-corrected chi connectivity index (χ3v) is 3.41. The van der Waals surface area contributed by atoms with E-state index in [1.54, 1.807) is 30.3 Å². The molecule has 0 aliphatic carbocycles. The van der Waals surface area contributed by atoms with E-state index in [-0.39, 0.29) is 22.8 Å². The van der Waals surface area contributed by atoms with Gasteiger partial charge in [0.15, 0.2) is 11.7 Å². The Morgan fingerprint density at radius 1 is 0.963 bits per heavy atom. The third-order valence-electron chi connectivity index (χ3n) is 3.20. The summed E-state index contributed by atoms with van der Waals surface area (Å²) in [5.41, 5.74) is 5.14. The Bertz CT molecular complexity index is 842. The lowest BCUT2D eigenvalue weighted by Crippen LogP contribution is -2.49. The van der Waals surface area contributed by atoms with Crippen LogP contribution in [0.15, 0.2) is 54.6 Å². The summed E-state index contributed by atoms with van der Waals surface area (Å²) in [4.78, 5) is 35.4. The van der Waals surface area contributed by atoms with Crippen LogP contribution in [0.2, 0.25) is 0 Å². The van der Waals surface area contributed by atoms with E-state index in [2.05, 4.69) is 20.9 Å². The normalized spacial score (nSPS) is 9.67. The number of amides is 2. The van der Waals surface area contributed by atoms with Gasteiger partial charge in [-0.05, 0) is 42.5 Å². The standard InChI is InChI=1S/C18H17N3O5S/c1-25-17(24)13-7-5-6-12(10-13)16(23)19-18(27)21-20-15(22)11-26-14-8-3-2-4-9-14/h2-10H,11H2,1H3,(H,20,22)(H2,19,21,23,27). The molecule has 0 saturated heterocycles. The van der Waals surface area contributed by atoms with E-state index in [0.29, 0.717) is 5.75 Å². The van der Waals surface area contributed by atoms with Gasteiger partial charge in [-0.3, -0.25) is 25.8 Å². The molecule has 8 nitrogen and oxygen atoms in total. The molecule has 0 aliphatic heterocycles. The van der Waals surface area contributed by atoms with Crippen molar-refractivity contribution in [3.63, 3.8) is 0 Å². The van der Waals surface area contributed by atoms with Crippen molar-refractivity contribution in [2.75, 3.05) is 13.7 Å². The highest BCUT2D eigenvalue weighted by Crippen LogP contribution is 2.08. The second-order valence-corrected chi connectivity index (χ2v) is 5.54. The molecule has 0 heterocycles. The van der Waals surface area contributed by atoms with Crippen molar-refractivity contribution in [2.24, 2.45) is 0 Å². The van der Waals surface area contributed by atoms with E-state index in [1.807, 2.05) is 6.07 Å². The van der Waals surface area contributed by atoms with Gasteiger partial charge in [-0.2, -0.15) is 0 Å². The zero-order valence-electron chi connectivity index (χ0n) is 14.4. The molecule has 2 aromatic carbocycles. The van der Waals surface area contributed by atoms with Crippen LogP contribution in [0.1, 0.15) is 20.7 Å². The first-order valence-electron chi connectivity index (χ1n) is 7.76. The Labute approximate surface area is 160 Å². The second-order valence-electron chi connectivity index (χ2n) is 5.13. The largest absolute Gasteiger partial charge is 0.484 e. The molecule has 0 atom stereocenters. The molecular weight excluding hydrogens is 370 g/mol. The summed E-state index contributed by atoms with van der Waals surface area (Å²) in [6.07, 6.45) is 0. The van der Waals surface area contributed by atoms with E-state index < -0.39 is 17.8 Å². The number of hydrogen-bond acceptors (Lipinski definition) is 6. The molecular formula is C18H17N3O5S. The zero-order chi connectivity index (χ0) is 19.6. The number of hydrazine groups is 1. The third kappa shape index (κ3) is 6.40. The Balaban J connectivity index is 1.78. The molecule has 140 valence electrons. The lowest BCUT2D eigenvalue weighted by molar-refractivity contribution is -0.123. The number of para-hydroxylation sites is 1. The molecule has 0 fully saturated rings. The van der Waals surface area contributed by atoms with Crippen LogP contribution < -0.4 is 20.9 Å². The van der Waals surface area contributed by atoms with Gasteiger partial charge in [0.1, 0.15) is 5.75 Å². The number of benzene rings is 2. The summed E-state index contributed by atoms with van der Waals surface area (Å²) in [6, 6.07) is 14.8. The average Bonchev–Trinajstić information content (AvgIpc) is 2.71. The molecule has 2 amide bonds. The fourth-order valence-corrected chi connectivity index (χ4v) is 2.08. The number of methoxy groups -OCH3 is 1. The Morgan fingerprint density at radius 2 is 1.67 bits per heavy atom. The molecule has 2 rings (SSSR count). The number of thiocarbonyl (C=S) groups is 1. The summed E-state index contributed by atoms with van der Waals surface area (Å²) in [6.45, 7) is -0.227. The maximum atomic E-state index is 12.1. The first-order chi connectivity index (χ1) is 13.0. The van der Waals surface area contributed by atoms with Gasteiger partial charge in [0.2, 0.25) is 0 Å². The van der Waals surface area contributed by atoms with Crippen molar-refractivity contribution in [3.8, 4) is 5.75 Å². The highest BCUT2D eigenvalue weighted by molar-refractivity contribution is 7.80. The molecule has 0 aliphatic rings. The Morgan fingerprint density at radius 3 is 2.37 bits per heavy atom. The van der Waals surface area contributed by atoms with Gasteiger partial charge in [-0.25, -0.2) is 4.79 Å². The molecule has 2 aromatic rings. The van der Waals surface area contributed by atoms with Crippen LogP contribution >= 0.6 is 12.2 Å². The van der Waals surface area contributed by atoms with Crippen LogP contribution in [0.25, 0.3) is 0 Å². The van der Waals surface area contributed by atoms with Crippen LogP contribution in [0.5, 0.6) is 5.75 Å². The van der Waals surface area contributed by atoms with Crippen molar-refractivity contribution in [1.82, 2.24) is 16.2 Å². The zero-order valence-corrected chi connectivity index (χ0v) is 15.2. The van der Waals surface area contributed by atoms with Crippen LogP contribution in [0.4, 0.5) is 0 Å². The Kier molecular flexibility index (Phi) is 7.26. The van der Waals surface area contributed by atoms with E-state index in [1.165, 1.54) is 25.3 Å². The second kappa shape index (κ2) is 9.88. The molecule has 0 aromatic heterocycles. The van der Waals surface area contributed by atoms with Gasteiger partial charge >= 0.3 is 5.97 Å². The minimum atomic E-state index is -0.559. The lowest BCUT2D eigenvalue weighted by atomic mass is 10.1. The van der Waals surface area contributed by atoms with Gasteiger partial charge < -0.3 is 9.47 Å². The molecule has 0 bridgehead atoms. The molecule has 0 spiro atoms. The van der Waals surface area contributed by atoms with Gasteiger partial charge in [-0.15, -0.1) is 0 Å². The monoisotopic (exact) mass is 387 g/mol. The summed E-state index contributed by atoms with van der Waals surface area (Å²) in [7, 11) is 1.25. The van der Waals surface area contributed by atoms with Crippen molar-refractivity contribution in [2.45, 2.75) is 0 Å². The SMILES string of the molecule is COC(=O)c1cccc(C(=O)NC(=S)NNC(=O)COc2ccccc2)c1. The first kappa shape index (κ1) is 19.9. The quantitative estimate of drug-likeness (QED) is 0.402. The van der Waals surface area contributed by atoms with Gasteiger partial charge in [-0.1, -0.05) is 24.3 Å². The smallest absolute Gasteiger partial charge is 0.337 e. The lowest BCUT2D eigenvalue weighted by Gasteiger charge is -2.11. The number of esters is 1. The van der Waals surface area contributed by atoms with Crippen molar-refractivity contribution in [3.05, 3.63) is 65.7 Å². The Hall–Kier alpha value is -3.46. The van der Waals surface area contributed by atoms with Crippen LogP contribution in [-0.4, -0.2) is 36.6 Å². The topological polar surface area (TPSA) is 106 Å². The summed E-state index contributed by atoms with van der Waals surface area (Å²) in [5.74, 6) is -1.04. The molecule has 0 unspecified atom stereocenters. The van der Waals surface area contributed by atoms with Crippen molar-refractivity contribution in [1.29, 1.82) is 0 Å². The fourth-order valence-electron chi connectivity index (χ4n) is 1.94.